The van der Waals surface area contributed by atoms with Crippen LogP contribution in [0.3, 0.4) is 0 Å². The van der Waals surface area contributed by atoms with Crippen LogP contribution in [-0.4, -0.2) is 21.1 Å². The summed E-state index contributed by atoms with van der Waals surface area (Å²) < 4.78 is 7.48. The molecule has 0 bridgehead atoms. The Balaban J connectivity index is 2.27. The van der Waals surface area contributed by atoms with Gasteiger partial charge in [-0.15, -0.1) is 0 Å². The van der Waals surface area contributed by atoms with Crippen molar-refractivity contribution in [3.63, 3.8) is 0 Å². The Labute approximate surface area is 117 Å². The third-order valence-electron chi connectivity index (χ3n) is 3.07. The second-order valence-electron chi connectivity index (χ2n) is 4.56. The zero-order chi connectivity index (χ0) is 14.1. The molecule has 2 N–H and O–H groups in total. The quantitative estimate of drug-likeness (QED) is 0.793. The fourth-order valence-electron chi connectivity index (χ4n) is 2.24. The van der Waals surface area contributed by atoms with Crippen molar-refractivity contribution in [2.24, 2.45) is 0 Å². The van der Waals surface area contributed by atoms with Gasteiger partial charge in [0.25, 0.3) is 0 Å². The number of hydrogen-bond acceptors (Lipinski definition) is 4. The lowest BCUT2D eigenvalue weighted by Crippen LogP contribution is -2.04. The number of para-hydroxylation sites is 2. The predicted molar refractivity (Wildman–Crippen MR) is 79.2 cm³/mol. The lowest BCUT2D eigenvalue weighted by atomic mass is 10.2. The Morgan fingerprint density at radius 3 is 2.90 bits per heavy atom. The molecular formula is C15H16N4O. The summed E-state index contributed by atoms with van der Waals surface area (Å²) in [4.78, 5) is 8.82. The molecule has 0 amide bonds. The Bertz CT molecular complexity index is 764. The van der Waals surface area contributed by atoms with Gasteiger partial charge in [0.2, 0.25) is 5.95 Å². The van der Waals surface area contributed by atoms with E-state index in [-0.39, 0.29) is 0 Å². The predicted octanol–water partition coefficient (Wildman–Crippen LogP) is 2.71. The molecule has 0 spiro atoms. The van der Waals surface area contributed by atoms with Crippen LogP contribution in [0, 0.1) is 6.92 Å². The first-order chi connectivity index (χ1) is 9.70. The van der Waals surface area contributed by atoms with E-state index in [0.29, 0.717) is 12.6 Å². The molecule has 5 heteroatoms. The molecule has 102 valence electrons. The van der Waals surface area contributed by atoms with Gasteiger partial charge in [-0.3, -0.25) is 4.57 Å². The van der Waals surface area contributed by atoms with Crippen molar-refractivity contribution in [2.75, 3.05) is 12.3 Å². The van der Waals surface area contributed by atoms with Crippen molar-refractivity contribution in [3.05, 3.63) is 42.1 Å². The summed E-state index contributed by atoms with van der Waals surface area (Å²) in [7, 11) is 0. The lowest BCUT2D eigenvalue weighted by molar-refractivity contribution is 0.339. The van der Waals surface area contributed by atoms with Gasteiger partial charge in [-0.05, 0) is 37.6 Å². The third-order valence-corrected chi connectivity index (χ3v) is 3.07. The largest absolute Gasteiger partial charge is 0.492 e. The van der Waals surface area contributed by atoms with Crippen LogP contribution in [-0.2, 0) is 0 Å². The van der Waals surface area contributed by atoms with Gasteiger partial charge in [-0.1, -0.05) is 12.1 Å². The second-order valence-corrected chi connectivity index (χ2v) is 4.56. The normalized spacial score (nSPS) is 10.9. The van der Waals surface area contributed by atoms with Gasteiger partial charge in [0.1, 0.15) is 11.3 Å². The molecule has 0 radical (unpaired) electrons. The van der Waals surface area contributed by atoms with E-state index in [0.717, 1.165) is 28.2 Å². The number of nitrogens with two attached hydrogens (primary N) is 1. The fraction of sp³-hybridized carbons (Fsp3) is 0.200. The number of nitrogens with zero attached hydrogens (tertiary/aromatic N) is 3. The number of aryl methyl sites for hydroxylation is 1. The number of imidazole rings is 1. The number of anilines is 1. The van der Waals surface area contributed by atoms with E-state index < -0.39 is 0 Å². The Hall–Kier alpha value is -2.56. The van der Waals surface area contributed by atoms with Crippen LogP contribution in [0.15, 0.2) is 36.5 Å². The van der Waals surface area contributed by atoms with Gasteiger partial charge in [0.15, 0.2) is 5.65 Å². The number of nitrogen functional groups attached to an aromatic ring is 1. The maximum absolute atomic E-state index is 6.06. The molecule has 3 aromatic rings. The second kappa shape index (κ2) is 4.85. The molecule has 0 aliphatic rings. The Kier molecular flexibility index (Phi) is 3.02. The SMILES string of the molecule is CCOc1ccccc1-n1c(N)nc2cc(C)cnc21. The lowest BCUT2D eigenvalue weighted by Gasteiger charge is -2.12. The highest BCUT2D eigenvalue weighted by Crippen LogP contribution is 2.28. The maximum Gasteiger partial charge on any atom is 0.207 e. The molecule has 20 heavy (non-hydrogen) atoms. The minimum atomic E-state index is 0.408. The molecule has 0 aliphatic carbocycles. The standard InChI is InChI=1S/C15H16N4O/c1-3-20-13-7-5-4-6-12(13)19-14-11(18-15(19)16)8-10(2)9-17-14/h4-9H,3H2,1-2H3,(H2,16,18). The highest BCUT2D eigenvalue weighted by molar-refractivity contribution is 5.78. The van der Waals surface area contributed by atoms with E-state index in [1.165, 1.54) is 0 Å². The number of aromatic nitrogens is 3. The molecule has 1 aromatic carbocycles. The highest BCUT2D eigenvalue weighted by Gasteiger charge is 2.14. The molecule has 0 fully saturated rings. The number of benzene rings is 1. The van der Waals surface area contributed by atoms with Crippen molar-refractivity contribution in [2.45, 2.75) is 13.8 Å². The molecule has 5 nitrogen and oxygen atoms in total. The summed E-state index contributed by atoms with van der Waals surface area (Å²) in [5.74, 6) is 1.17. The average molecular weight is 268 g/mol. The number of hydrogen-bond donors (Lipinski definition) is 1. The van der Waals surface area contributed by atoms with Crippen molar-refractivity contribution in [1.29, 1.82) is 0 Å². The molecule has 2 heterocycles. The van der Waals surface area contributed by atoms with E-state index >= 15 is 0 Å². The first-order valence-corrected chi connectivity index (χ1v) is 6.53. The molecule has 0 aliphatic heterocycles. The monoisotopic (exact) mass is 268 g/mol. The van der Waals surface area contributed by atoms with Crippen LogP contribution in [0.5, 0.6) is 5.75 Å². The van der Waals surface area contributed by atoms with E-state index in [1.807, 2.05) is 54.9 Å². The molecule has 2 aromatic heterocycles. The fourth-order valence-corrected chi connectivity index (χ4v) is 2.24. The molecule has 0 saturated heterocycles. The van der Waals surface area contributed by atoms with Gasteiger partial charge in [-0.25, -0.2) is 9.97 Å². The average Bonchev–Trinajstić information content (AvgIpc) is 2.75. The zero-order valence-corrected chi connectivity index (χ0v) is 11.5. The van der Waals surface area contributed by atoms with Crippen LogP contribution in [0.4, 0.5) is 5.95 Å². The summed E-state index contributed by atoms with van der Waals surface area (Å²) in [5.41, 5.74) is 9.49. The summed E-state index contributed by atoms with van der Waals surface area (Å²) in [6.07, 6.45) is 1.81. The number of fused-ring (bicyclic) bond motifs is 1. The van der Waals surface area contributed by atoms with Crippen molar-refractivity contribution >= 4 is 17.1 Å². The Morgan fingerprint density at radius 1 is 1.30 bits per heavy atom. The summed E-state index contributed by atoms with van der Waals surface area (Å²) in [5, 5.41) is 0. The first-order valence-electron chi connectivity index (χ1n) is 6.53. The molecule has 0 atom stereocenters. The zero-order valence-electron chi connectivity index (χ0n) is 11.5. The van der Waals surface area contributed by atoms with Crippen molar-refractivity contribution in [1.82, 2.24) is 14.5 Å². The molecule has 0 saturated carbocycles. The summed E-state index contributed by atoms with van der Waals surface area (Å²) in [6, 6.07) is 9.71. The maximum atomic E-state index is 6.06. The van der Waals surface area contributed by atoms with Gasteiger partial charge in [0.05, 0.1) is 12.3 Å². The number of pyridine rings is 1. The minimum Gasteiger partial charge on any atom is -0.492 e. The molecule has 0 unspecified atom stereocenters. The van der Waals surface area contributed by atoms with Gasteiger partial charge >= 0.3 is 0 Å². The van der Waals surface area contributed by atoms with Crippen LogP contribution in [0.25, 0.3) is 16.9 Å². The van der Waals surface area contributed by atoms with E-state index in [4.69, 9.17) is 10.5 Å². The summed E-state index contributed by atoms with van der Waals surface area (Å²) in [6.45, 7) is 4.53. The van der Waals surface area contributed by atoms with Crippen LogP contribution in [0.2, 0.25) is 0 Å². The van der Waals surface area contributed by atoms with Crippen LogP contribution < -0.4 is 10.5 Å². The van der Waals surface area contributed by atoms with E-state index in [2.05, 4.69) is 9.97 Å². The minimum absolute atomic E-state index is 0.408. The number of rotatable bonds is 3. The van der Waals surface area contributed by atoms with Crippen LogP contribution >= 0.6 is 0 Å². The first kappa shape index (κ1) is 12.5. The van der Waals surface area contributed by atoms with E-state index in [9.17, 15) is 0 Å². The van der Waals surface area contributed by atoms with Gasteiger partial charge in [-0.2, -0.15) is 0 Å². The van der Waals surface area contributed by atoms with Crippen molar-refractivity contribution in [3.8, 4) is 11.4 Å². The van der Waals surface area contributed by atoms with E-state index in [1.54, 1.807) is 0 Å². The molecule has 3 rings (SSSR count). The smallest absolute Gasteiger partial charge is 0.207 e. The van der Waals surface area contributed by atoms with Crippen molar-refractivity contribution < 1.29 is 4.74 Å². The van der Waals surface area contributed by atoms with Gasteiger partial charge in [0, 0.05) is 6.20 Å². The Morgan fingerprint density at radius 2 is 2.10 bits per heavy atom. The highest BCUT2D eigenvalue weighted by atomic mass is 16.5. The topological polar surface area (TPSA) is 66.0 Å². The van der Waals surface area contributed by atoms with Gasteiger partial charge < -0.3 is 10.5 Å². The van der Waals surface area contributed by atoms with Crippen LogP contribution in [0.1, 0.15) is 12.5 Å². The molecular weight excluding hydrogens is 252 g/mol. The number of ether oxygens (including phenoxy) is 1. The third kappa shape index (κ3) is 1.97. The summed E-state index contributed by atoms with van der Waals surface area (Å²) >= 11 is 0.